The summed E-state index contributed by atoms with van der Waals surface area (Å²) in [4.78, 5) is 20.8. The number of carbonyl (C=O) groups is 1. The Bertz CT molecular complexity index is 547. The molecule has 0 bridgehead atoms. The van der Waals surface area contributed by atoms with E-state index in [2.05, 4.69) is 15.1 Å². The van der Waals surface area contributed by atoms with E-state index in [-0.39, 0.29) is 5.92 Å². The summed E-state index contributed by atoms with van der Waals surface area (Å²) in [5.41, 5.74) is 0.898. The molecule has 0 aliphatic carbocycles. The third-order valence-electron chi connectivity index (χ3n) is 3.41. The second-order valence-corrected chi connectivity index (χ2v) is 4.61. The summed E-state index contributed by atoms with van der Waals surface area (Å²) >= 11 is 0. The van der Waals surface area contributed by atoms with Gasteiger partial charge in [-0.2, -0.15) is 4.98 Å². The molecular weight excluding hydrogens is 244 g/mol. The maximum absolute atomic E-state index is 10.7. The van der Waals surface area contributed by atoms with Gasteiger partial charge in [0.05, 0.1) is 0 Å². The van der Waals surface area contributed by atoms with Gasteiger partial charge in [-0.15, -0.1) is 0 Å². The van der Waals surface area contributed by atoms with Crippen molar-refractivity contribution >= 4 is 6.41 Å². The minimum atomic E-state index is 0.249. The molecule has 1 aliphatic rings. The number of likely N-dealkylation sites (tertiary alicyclic amines) is 1. The normalized spacial score (nSPS) is 16.5. The van der Waals surface area contributed by atoms with Gasteiger partial charge in [0.25, 0.3) is 0 Å². The average Bonchev–Trinajstić information content (AvgIpc) is 2.98. The molecule has 0 unspecified atom stereocenters. The first-order chi connectivity index (χ1) is 9.36. The van der Waals surface area contributed by atoms with E-state index in [1.54, 1.807) is 17.3 Å². The van der Waals surface area contributed by atoms with E-state index in [0.717, 1.165) is 37.9 Å². The Labute approximate surface area is 110 Å². The molecule has 1 aliphatic heterocycles. The van der Waals surface area contributed by atoms with E-state index in [0.29, 0.717) is 11.7 Å². The van der Waals surface area contributed by atoms with Gasteiger partial charge >= 0.3 is 0 Å². The van der Waals surface area contributed by atoms with Crippen molar-refractivity contribution < 1.29 is 9.32 Å². The van der Waals surface area contributed by atoms with Gasteiger partial charge in [-0.1, -0.05) is 5.16 Å². The van der Waals surface area contributed by atoms with Crippen LogP contribution >= 0.6 is 0 Å². The number of hydrogen-bond acceptors (Lipinski definition) is 5. The Hall–Kier alpha value is -2.24. The zero-order valence-electron chi connectivity index (χ0n) is 10.4. The first-order valence-corrected chi connectivity index (χ1v) is 6.30. The molecule has 0 N–H and O–H groups in total. The number of piperidine rings is 1. The summed E-state index contributed by atoms with van der Waals surface area (Å²) in [5, 5.41) is 4.00. The van der Waals surface area contributed by atoms with Crippen molar-refractivity contribution in [3.8, 4) is 11.4 Å². The van der Waals surface area contributed by atoms with E-state index in [1.165, 1.54) is 0 Å². The highest BCUT2D eigenvalue weighted by Crippen LogP contribution is 2.27. The fraction of sp³-hybridized carbons (Fsp3) is 0.385. The maximum Gasteiger partial charge on any atom is 0.230 e. The fourth-order valence-electron chi connectivity index (χ4n) is 2.27. The topological polar surface area (TPSA) is 72.1 Å². The van der Waals surface area contributed by atoms with Crippen molar-refractivity contribution in [2.45, 2.75) is 18.8 Å². The van der Waals surface area contributed by atoms with E-state index in [9.17, 15) is 4.79 Å². The summed E-state index contributed by atoms with van der Waals surface area (Å²) in [5.74, 6) is 1.51. The van der Waals surface area contributed by atoms with Crippen LogP contribution in [-0.2, 0) is 4.79 Å². The van der Waals surface area contributed by atoms with Crippen LogP contribution in [0.15, 0.2) is 29.0 Å². The first-order valence-electron chi connectivity index (χ1n) is 6.30. The van der Waals surface area contributed by atoms with Crippen molar-refractivity contribution in [1.82, 2.24) is 20.0 Å². The molecule has 0 saturated carbocycles. The quantitative estimate of drug-likeness (QED) is 0.779. The van der Waals surface area contributed by atoms with Crippen LogP contribution in [0.4, 0.5) is 0 Å². The van der Waals surface area contributed by atoms with Gasteiger partial charge in [-0.25, -0.2) is 0 Å². The van der Waals surface area contributed by atoms with Gasteiger partial charge in [0.2, 0.25) is 18.1 Å². The fourth-order valence-corrected chi connectivity index (χ4v) is 2.27. The molecule has 0 radical (unpaired) electrons. The molecule has 2 aromatic rings. The van der Waals surface area contributed by atoms with Crippen molar-refractivity contribution in [1.29, 1.82) is 0 Å². The van der Waals surface area contributed by atoms with Gasteiger partial charge in [0.15, 0.2) is 0 Å². The molecule has 1 amide bonds. The van der Waals surface area contributed by atoms with Crippen LogP contribution in [0.2, 0.25) is 0 Å². The summed E-state index contributed by atoms with van der Waals surface area (Å²) < 4.78 is 5.34. The van der Waals surface area contributed by atoms with Crippen LogP contribution in [0.1, 0.15) is 24.7 Å². The highest BCUT2D eigenvalue weighted by molar-refractivity contribution is 5.52. The lowest BCUT2D eigenvalue weighted by Crippen LogP contribution is -2.31. The van der Waals surface area contributed by atoms with Crippen molar-refractivity contribution in [3.05, 3.63) is 30.4 Å². The molecule has 98 valence electrons. The molecule has 0 atom stereocenters. The van der Waals surface area contributed by atoms with Crippen LogP contribution in [0, 0.1) is 0 Å². The van der Waals surface area contributed by atoms with Gasteiger partial charge in [0.1, 0.15) is 0 Å². The second kappa shape index (κ2) is 5.17. The van der Waals surface area contributed by atoms with Crippen molar-refractivity contribution in [3.63, 3.8) is 0 Å². The Morgan fingerprint density at radius 3 is 2.68 bits per heavy atom. The van der Waals surface area contributed by atoms with Crippen molar-refractivity contribution in [2.75, 3.05) is 13.1 Å². The number of carbonyl (C=O) groups excluding carboxylic acids is 1. The van der Waals surface area contributed by atoms with Crippen molar-refractivity contribution in [2.24, 2.45) is 0 Å². The van der Waals surface area contributed by atoms with Gasteiger partial charge in [-0.3, -0.25) is 9.78 Å². The molecule has 0 spiro atoms. The monoisotopic (exact) mass is 258 g/mol. The molecule has 1 saturated heterocycles. The molecule has 6 nitrogen and oxygen atoms in total. The number of nitrogens with zero attached hydrogens (tertiary/aromatic N) is 4. The van der Waals surface area contributed by atoms with Crippen LogP contribution < -0.4 is 0 Å². The van der Waals surface area contributed by atoms with Gasteiger partial charge in [-0.05, 0) is 25.0 Å². The standard InChI is InChI=1S/C13H14N4O2/c18-9-17-7-3-11(4-8-17)13-15-12(16-19-13)10-1-5-14-6-2-10/h1-2,5-6,9,11H,3-4,7-8H2. The Morgan fingerprint density at radius 1 is 1.26 bits per heavy atom. The number of pyridine rings is 1. The predicted octanol–water partition coefficient (Wildman–Crippen LogP) is 1.47. The highest BCUT2D eigenvalue weighted by atomic mass is 16.5. The van der Waals surface area contributed by atoms with Crippen LogP contribution in [0.5, 0.6) is 0 Å². The average molecular weight is 258 g/mol. The Kier molecular flexibility index (Phi) is 3.22. The lowest BCUT2D eigenvalue weighted by atomic mass is 9.97. The highest BCUT2D eigenvalue weighted by Gasteiger charge is 2.24. The van der Waals surface area contributed by atoms with Gasteiger partial charge < -0.3 is 9.42 Å². The molecular formula is C13H14N4O2. The van der Waals surface area contributed by atoms with Crippen LogP contribution in [0.25, 0.3) is 11.4 Å². The number of rotatable bonds is 3. The lowest BCUT2D eigenvalue weighted by Gasteiger charge is -2.26. The zero-order chi connectivity index (χ0) is 13.1. The summed E-state index contributed by atoms with van der Waals surface area (Å²) in [6.45, 7) is 1.50. The molecule has 1 fully saturated rings. The van der Waals surface area contributed by atoms with E-state index >= 15 is 0 Å². The van der Waals surface area contributed by atoms with E-state index in [1.807, 2.05) is 12.1 Å². The molecule has 3 heterocycles. The largest absolute Gasteiger partial charge is 0.345 e. The first kappa shape index (κ1) is 11.8. The SMILES string of the molecule is O=CN1CCC(c2nc(-c3ccncc3)no2)CC1. The van der Waals surface area contributed by atoms with E-state index < -0.39 is 0 Å². The molecule has 6 heteroatoms. The third-order valence-corrected chi connectivity index (χ3v) is 3.41. The molecule has 2 aromatic heterocycles. The van der Waals surface area contributed by atoms with E-state index in [4.69, 9.17) is 4.52 Å². The molecule has 3 rings (SSSR count). The maximum atomic E-state index is 10.7. The second-order valence-electron chi connectivity index (χ2n) is 4.61. The Morgan fingerprint density at radius 2 is 2.00 bits per heavy atom. The summed E-state index contributed by atoms with van der Waals surface area (Å²) in [6.07, 6.45) is 6.04. The third kappa shape index (κ3) is 2.47. The zero-order valence-corrected chi connectivity index (χ0v) is 10.4. The van der Waals surface area contributed by atoms with Gasteiger partial charge in [0, 0.05) is 37.0 Å². The minimum absolute atomic E-state index is 0.249. The van der Waals surface area contributed by atoms with Crippen LogP contribution in [-0.4, -0.2) is 39.5 Å². The molecule has 0 aromatic carbocycles. The number of hydrogen-bond donors (Lipinski definition) is 0. The lowest BCUT2D eigenvalue weighted by molar-refractivity contribution is -0.119. The number of aromatic nitrogens is 3. The minimum Gasteiger partial charge on any atom is -0.345 e. The smallest absolute Gasteiger partial charge is 0.230 e. The summed E-state index contributed by atoms with van der Waals surface area (Å²) in [7, 11) is 0. The number of amides is 1. The predicted molar refractivity (Wildman–Crippen MR) is 67.1 cm³/mol. The summed E-state index contributed by atoms with van der Waals surface area (Å²) in [6, 6.07) is 3.70. The Balaban J connectivity index is 1.74. The van der Waals surface area contributed by atoms with Crippen LogP contribution in [0.3, 0.4) is 0 Å². The molecule has 19 heavy (non-hydrogen) atoms.